The standard InChI is InChI=1S/C33H29F2N3O7/c1-19(39)36-30-23(15-18-38-16-13-21(14-17-38)31(42)20-5-7-22(34)8-6-20)26(10-9-25(30)35)37-33(43)24-3-2-4-27-32(24)45-29(41)12-11-28(40)44-27/h2-12,21H,13-18H2,1H3,(H,36,39)(H,37,43)/b12-11+. The molecule has 3 aromatic carbocycles. The van der Waals surface area contributed by atoms with Gasteiger partial charge in [-0.2, -0.15) is 0 Å². The third kappa shape index (κ3) is 7.47. The van der Waals surface area contributed by atoms with Crippen LogP contribution in [0.1, 0.15) is 46.0 Å². The Hall–Kier alpha value is -5.23. The highest BCUT2D eigenvalue weighted by molar-refractivity contribution is 6.09. The largest absolute Gasteiger partial charge is 0.419 e. The van der Waals surface area contributed by atoms with Crippen molar-refractivity contribution in [3.63, 3.8) is 0 Å². The Balaban J connectivity index is 1.33. The Labute approximate surface area is 257 Å². The number of benzene rings is 3. The second kappa shape index (κ2) is 13.6. The third-order valence-electron chi connectivity index (χ3n) is 7.57. The zero-order valence-corrected chi connectivity index (χ0v) is 24.2. The first kappa shape index (κ1) is 31.2. The minimum atomic E-state index is -0.883. The van der Waals surface area contributed by atoms with Crippen LogP contribution >= 0.6 is 0 Å². The molecule has 10 nitrogen and oxygen atoms in total. The molecule has 1 fully saturated rings. The molecular weight excluding hydrogens is 588 g/mol. The van der Waals surface area contributed by atoms with Crippen LogP contribution in [0.4, 0.5) is 20.2 Å². The lowest BCUT2D eigenvalue weighted by molar-refractivity contribution is -0.133. The molecule has 5 rings (SSSR count). The second-order valence-electron chi connectivity index (χ2n) is 10.6. The number of para-hydroxylation sites is 1. The SMILES string of the molecule is CC(=O)Nc1c(F)ccc(NC(=O)c2cccc3c2OC(=O)/C=C/C(=O)O3)c1CCN1CCC(C(=O)c2ccc(F)cc2)CC1. The molecule has 2 N–H and O–H groups in total. The van der Waals surface area contributed by atoms with Crippen LogP contribution in [0.5, 0.6) is 11.5 Å². The van der Waals surface area contributed by atoms with Crippen LogP contribution in [-0.4, -0.2) is 54.1 Å². The number of ether oxygens (including phenoxy) is 2. The van der Waals surface area contributed by atoms with E-state index in [4.69, 9.17) is 9.47 Å². The number of amides is 2. The van der Waals surface area contributed by atoms with Gasteiger partial charge in [0.05, 0.1) is 11.3 Å². The molecule has 45 heavy (non-hydrogen) atoms. The fourth-order valence-electron chi connectivity index (χ4n) is 5.33. The highest BCUT2D eigenvalue weighted by Gasteiger charge is 2.27. The number of carbonyl (C=O) groups is 5. The number of fused-ring (bicyclic) bond motifs is 1. The van der Waals surface area contributed by atoms with Crippen molar-refractivity contribution < 1.29 is 42.2 Å². The zero-order valence-electron chi connectivity index (χ0n) is 24.2. The molecule has 0 bridgehead atoms. The molecule has 3 aromatic rings. The number of rotatable bonds is 8. The van der Waals surface area contributed by atoms with Crippen LogP contribution < -0.4 is 20.1 Å². The number of likely N-dealkylation sites (tertiary alicyclic amines) is 1. The third-order valence-corrected chi connectivity index (χ3v) is 7.57. The van der Waals surface area contributed by atoms with Crippen LogP contribution in [0.2, 0.25) is 0 Å². The summed E-state index contributed by atoms with van der Waals surface area (Å²) in [6.45, 7) is 2.83. The summed E-state index contributed by atoms with van der Waals surface area (Å²) in [6.07, 6.45) is 3.17. The minimum absolute atomic E-state index is 0.0383. The number of ketones is 1. The summed E-state index contributed by atoms with van der Waals surface area (Å²) in [7, 11) is 0. The number of nitrogens with zero attached hydrogens (tertiary/aromatic N) is 1. The van der Waals surface area contributed by atoms with E-state index >= 15 is 4.39 Å². The summed E-state index contributed by atoms with van der Waals surface area (Å²) in [4.78, 5) is 64.5. The first-order valence-corrected chi connectivity index (χ1v) is 14.3. The fraction of sp³-hybridized carbons (Fsp3) is 0.242. The Morgan fingerprint density at radius 3 is 2.27 bits per heavy atom. The second-order valence-corrected chi connectivity index (χ2v) is 10.6. The van der Waals surface area contributed by atoms with Gasteiger partial charge in [0.25, 0.3) is 5.91 Å². The lowest BCUT2D eigenvalue weighted by atomic mass is 9.88. The van der Waals surface area contributed by atoms with Crippen molar-refractivity contribution in [3.8, 4) is 11.5 Å². The summed E-state index contributed by atoms with van der Waals surface area (Å²) in [5.74, 6) is -4.70. The fourth-order valence-corrected chi connectivity index (χ4v) is 5.33. The van der Waals surface area contributed by atoms with Crippen molar-refractivity contribution >= 4 is 40.9 Å². The number of esters is 2. The number of halogens is 2. The van der Waals surface area contributed by atoms with Gasteiger partial charge in [0.15, 0.2) is 17.3 Å². The van der Waals surface area contributed by atoms with Crippen molar-refractivity contribution in [3.05, 3.63) is 95.1 Å². The molecule has 0 aliphatic carbocycles. The van der Waals surface area contributed by atoms with Crippen molar-refractivity contribution in [2.24, 2.45) is 5.92 Å². The van der Waals surface area contributed by atoms with Crippen LogP contribution in [0.25, 0.3) is 0 Å². The predicted octanol–water partition coefficient (Wildman–Crippen LogP) is 4.69. The lowest BCUT2D eigenvalue weighted by Gasteiger charge is -2.31. The first-order valence-electron chi connectivity index (χ1n) is 14.3. The van der Waals surface area contributed by atoms with Crippen molar-refractivity contribution in [2.75, 3.05) is 30.3 Å². The van der Waals surface area contributed by atoms with Crippen LogP contribution in [0.15, 0.2) is 66.7 Å². The van der Waals surface area contributed by atoms with Crippen LogP contribution in [-0.2, 0) is 20.8 Å². The highest BCUT2D eigenvalue weighted by Crippen LogP contribution is 2.35. The Morgan fingerprint density at radius 2 is 1.58 bits per heavy atom. The molecule has 2 aliphatic rings. The average Bonchev–Trinajstić information content (AvgIpc) is 3.01. The average molecular weight is 618 g/mol. The van der Waals surface area contributed by atoms with E-state index in [1.54, 1.807) is 0 Å². The molecule has 1 saturated heterocycles. The van der Waals surface area contributed by atoms with Gasteiger partial charge in [-0.25, -0.2) is 18.4 Å². The number of piperidine rings is 1. The minimum Gasteiger partial charge on any atom is -0.419 e. The van der Waals surface area contributed by atoms with Gasteiger partial charge >= 0.3 is 11.9 Å². The number of hydrogen-bond donors (Lipinski definition) is 2. The molecule has 0 atom stereocenters. The first-order chi connectivity index (χ1) is 21.6. The zero-order chi connectivity index (χ0) is 32.1. The summed E-state index contributed by atoms with van der Waals surface area (Å²) < 4.78 is 38.7. The number of anilines is 2. The van der Waals surface area contributed by atoms with Crippen LogP contribution in [0, 0.1) is 17.6 Å². The summed E-state index contributed by atoms with van der Waals surface area (Å²) in [6, 6.07) is 12.1. The molecule has 2 heterocycles. The highest BCUT2D eigenvalue weighted by atomic mass is 19.1. The topological polar surface area (TPSA) is 131 Å². The van der Waals surface area contributed by atoms with Gasteiger partial charge in [0.1, 0.15) is 11.6 Å². The van der Waals surface area contributed by atoms with Gasteiger partial charge < -0.3 is 25.0 Å². The van der Waals surface area contributed by atoms with E-state index in [1.165, 1.54) is 55.5 Å². The number of carbonyl (C=O) groups excluding carboxylic acids is 5. The van der Waals surface area contributed by atoms with Gasteiger partial charge in [-0.1, -0.05) is 6.07 Å². The van der Waals surface area contributed by atoms with Crippen molar-refractivity contribution in [1.82, 2.24) is 4.90 Å². The predicted molar refractivity (Wildman–Crippen MR) is 159 cm³/mol. The van der Waals surface area contributed by atoms with Gasteiger partial charge in [-0.05, 0) is 80.9 Å². The molecule has 0 radical (unpaired) electrons. The van der Waals surface area contributed by atoms with Crippen LogP contribution in [0.3, 0.4) is 0 Å². The number of hydrogen-bond acceptors (Lipinski definition) is 8. The summed E-state index contributed by atoms with van der Waals surface area (Å²) >= 11 is 0. The van der Waals surface area contributed by atoms with Gasteiger partial charge in [-0.15, -0.1) is 0 Å². The van der Waals surface area contributed by atoms with Crippen molar-refractivity contribution in [1.29, 1.82) is 0 Å². The summed E-state index contributed by atoms with van der Waals surface area (Å²) in [5, 5.41) is 5.23. The van der Waals surface area contributed by atoms with Gasteiger partial charge in [0, 0.05) is 48.4 Å². The number of nitrogens with one attached hydrogen (secondary N) is 2. The Kier molecular flexibility index (Phi) is 9.43. The van der Waals surface area contributed by atoms with E-state index < -0.39 is 35.4 Å². The van der Waals surface area contributed by atoms with Crippen molar-refractivity contribution in [2.45, 2.75) is 26.2 Å². The van der Waals surface area contributed by atoms with E-state index in [9.17, 15) is 28.4 Å². The van der Waals surface area contributed by atoms with E-state index in [0.717, 1.165) is 18.2 Å². The maximum absolute atomic E-state index is 15.0. The maximum atomic E-state index is 15.0. The smallest absolute Gasteiger partial charge is 0.336 e. The van der Waals surface area contributed by atoms with E-state index in [-0.39, 0.29) is 46.6 Å². The molecular formula is C33H29F2N3O7. The quantitative estimate of drug-likeness (QED) is 0.212. The molecule has 2 aliphatic heterocycles. The van der Waals surface area contributed by atoms with Gasteiger partial charge in [-0.3, -0.25) is 14.4 Å². The molecule has 0 spiro atoms. The Bertz CT molecular complexity index is 1700. The molecule has 232 valence electrons. The molecule has 0 aromatic heterocycles. The molecule has 0 saturated carbocycles. The summed E-state index contributed by atoms with van der Waals surface area (Å²) in [5.41, 5.74) is 0.792. The molecule has 2 amide bonds. The van der Waals surface area contributed by atoms with E-state index in [1.807, 2.05) is 0 Å². The monoisotopic (exact) mass is 617 g/mol. The molecule has 12 heteroatoms. The normalized spacial score (nSPS) is 16.0. The molecule has 0 unspecified atom stereocenters. The maximum Gasteiger partial charge on any atom is 0.336 e. The van der Waals surface area contributed by atoms with E-state index in [0.29, 0.717) is 43.6 Å². The lowest BCUT2D eigenvalue weighted by Crippen LogP contribution is -2.37. The number of Topliss-reactive ketones (excluding diaryl/α,β-unsaturated/α-hetero) is 1. The van der Waals surface area contributed by atoms with E-state index in [2.05, 4.69) is 15.5 Å². The Morgan fingerprint density at radius 1 is 0.889 bits per heavy atom. The van der Waals surface area contributed by atoms with Gasteiger partial charge in [0.2, 0.25) is 5.91 Å².